The van der Waals surface area contributed by atoms with E-state index in [1.807, 2.05) is 0 Å². The Morgan fingerprint density at radius 1 is 1.19 bits per heavy atom. The van der Waals surface area contributed by atoms with Gasteiger partial charge in [-0.2, -0.15) is 9.65 Å². The van der Waals surface area contributed by atoms with Crippen LogP contribution in [0.4, 0.5) is 14.5 Å². The van der Waals surface area contributed by atoms with Crippen molar-refractivity contribution in [2.75, 3.05) is 25.0 Å². The van der Waals surface area contributed by atoms with E-state index < -0.39 is 17.5 Å². The monoisotopic (exact) mass is 508 g/mol. The third-order valence-electron chi connectivity index (χ3n) is 6.86. The first-order valence-electron chi connectivity index (χ1n) is 11.7. The zero-order valence-electron chi connectivity index (χ0n) is 19.3. The van der Waals surface area contributed by atoms with Crippen LogP contribution in [0.25, 0.3) is 11.1 Å². The van der Waals surface area contributed by atoms with E-state index in [2.05, 4.69) is 16.4 Å². The van der Waals surface area contributed by atoms with Gasteiger partial charge in [-0.25, -0.2) is 9.37 Å². The van der Waals surface area contributed by atoms with E-state index in [9.17, 15) is 18.8 Å². The number of carbonyl (C=O) groups excluding carboxylic acids is 1. The van der Waals surface area contributed by atoms with Crippen molar-refractivity contribution in [1.82, 2.24) is 9.88 Å². The van der Waals surface area contributed by atoms with Crippen LogP contribution in [0.15, 0.2) is 54.7 Å². The maximum atomic E-state index is 13.3. The Kier molecular flexibility index (Phi) is 6.50. The number of anilines is 1. The molecule has 3 aromatic rings. The van der Waals surface area contributed by atoms with Gasteiger partial charge in [0.25, 0.3) is 5.91 Å². The number of ether oxygens (including phenoxy) is 1. The fourth-order valence-corrected chi connectivity index (χ4v) is 5.03. The van der Waals surface area contributed by atoms with Crippen molar-refractivity contribution < 1.29 is 18.3 Å². The molecule has 2 aliphatic rings. The highest BCUT2D eigenvalue weighted by Crippen LogP contribution is 2.40. The number of piperidine rings is 1. The highest BCUT2D eigenvalue weighted by Gasteiger charge is 2.39. The molecule has 0 spiro atoms. The molecule has 2 aromatic carbocycles. The van der Waals surface area contributed by atoms with Crippen LogP contribution in [-0.2, 0) is 11.2 Å². The predicted molar refractivity (Wildman–Crippen MR) is 132 cm³/mol. The summed E-state index contributed by atoms with van der Waals surface area (Å²) in [7, 11) is 0. The molecule has 0 saturated carbocycles. The van der Waals surface area contributed by atoms with Crippen molar-refractivity contribution in [2.45, 2.75) is 25.4 Å². The first kappa shape index (κ1) is 24.0. The molecular weight excluding hydrogens is 486 g/mol. The molecule has 2 aliphatic heterocycles. The van der Waals surface area contributed by atoms with Crippen molar-refractivity contribution in [3.63, 3.8) is 0 Å². The molecule has 0 radical (unpaired) electrons. The highest BCUT2D eigenvalue weighted by molar-refractivity contribution is 6.33. The fourth-order valence-electron chi connectivity index (χ4n) is 4.76. The van der Waals surface area contributed by atoms with Crippen LogP contribution in [0.1, 0.15) is 18.4 Å². The van der Waals surface area contributed by atoms with Crippen molar-refractivity contribution in [2.24, 2.45) is 5.41 Å². The standard InChI is InChI=1S/C27H23ClF2N4O2/c28-21-12-22-23(11-20(21)18-3-6-25(30)33-14-18)36-24(15-32-22)26(35)34-9-7-27(16-31,8-10-34)13-17-1-4-19(29)5-2-17/h1-6,11-12,14,24,32H,7-10,13,15H2. The molecule has 1 amide bonds. The van der Waals surface area contributed by atoms with Crippen LogP contribution in [0.5, 0.6) is 5.75 Å². The number of hydrogen-bond donors (Lipinski definition) is 1. The van der Waals surface area contributed by atoms with E-state index in [1.54, 1.807) is 35.2 Å². The number of pyridine rings is 1. The van der Waals surface area contributed by atoms with Crippen LogP contribution in [0.3, 0.4) is 0 Å². The maximum absolute atomic E-state index is 13.3. The number of nitrogens with zero attached hydrogens (tertiary/aromatic N) is 3. The van der Waals surface area contributed by atoms with Crippen molar-refractivity contribution >= 4 is 23.2 Å². The number of hydrogen-bond acceptors (Lipinski definition) is 5. The van der Waals surface area contributed by atoms with Gasteiger partial charge in [0.2, 0.25) is 5.95 Å². The quantitative estimate of drug-likeness (QED) is 0.488. The third kappa shape index (κ3) is 4.84. The molecule has 36 heavy (non-hydrogen) atoms. The minimum Gasteiger partial charge on any atom is -0.477 e. The smallest absolute Gasteiger partial charge is 0.265 e. The lowest BCUT2D eigenvalue weighted by Crippen LogP contribution is -2.51. The molecule has 1 atom stereocenters. The van der Waals surface area contributed by atoms with Gasteiger partial charge in [0.1, 0.15) is 11.6 Å². The number of amides is 1. The highest BCUT2D eigenvalue weighted by atomic mass is 35.5. The summed E-state index contributed by atoms with van der Waals surface area (Å²) in [5.74, 6) is -0.572. The Morgan fingerprint density at radius 2 is 1.94 bits per heavy atom. The van der Waals surface area contributed by atoms with Gasteiger partial charge in [0.05, 0.1) is 28.7 Å². The minimum atomic E-state index is -0.732. The van der Waals surface area contributed by atoms with Gasteiger partial charge in [-0.15, -0.1) is 0 Å². The zero-order valence-corrected chi connectivity index (χ0v) is 20.1. The fraction of sp³-hybridized carbons (Fsp3) is 0.296. The molecule has 1 N–H and O–H groups in total. The second kappa shape index (κ2) is 9.75. The summed E-state index contributed by atoms with van der Waals surface area (Å²) in [5.41, 5.74) is 2.23. The number of nitrogens with one attached hydrogen (secondary N) is 1. The van der Waals surface area contributed by atoms with E-state index in [0.717, 1.165) is 5.56 Å². The van der Waals surface area contributed by atoms with Gasteiger partial charge in [-0.05, 0) is 61.2 Å². The molecule has 1 fully saturated rings. The Bertz CT molecular complexity index is 1320. The SMILES string of the molecule is N#CC1(Cc2ccc(F)cc2)CCN(C(=O)C2CNc3cc(Cl)c(-c4ccc(F)nc4)cc3O2)CC1. The Balaban J connectivity index is 1.26. The third-order valence-corrected chi connectivity index (χ3v) is 7.17. The van der Waals surface area contributed by atoms with E-state index in [-0.39, 0.29) is 18.3 Å². The first-order chi connectivity index (χ1) is 17.4. The lowest BCUT2D eigenvalue weighted by molar-refractivity contribution is -0.140. The molecule has 3 heterocycles. The molecule has 1 aromatic heterocycles. The number of carbonyl (C=O) groups is 1. The summed E-state index contributed by atoms with van der Waals surface area (Å²) in [5, 5.41) is 13.6. The van der Waals surface area contributed by atoms with E-state index >= 15 is 0 Å². The molecule has 1 unspecified atom stereocenters. The molecular formula is C27H23ClF2N4O2. The summed E-state index contributed by atoms with van der Waals surface area (Å²) >= 11 is 6.43. The second-order valence-corrected chi connectivity index (χ2v) is 9.61. The second-order valence-electron chi connectivity index (χ2n) is 9.21. The molecule has 0 bridgehead atoms. The Hall–Kier alpha value is -3.70. The van der Waals surface area contributed by atoms with E-state index in [4.69, 9.17) is 16.3 Å². The average molecular weight is 509 g/mol. The summed E-state index contributed by atoms with van der Waals surface area (Å²) in [4.78, 5) is 18.7. The number of halogens is 3. The first-order valence-corrected chi connectivity index (χ1v) is 12.0. The zero-order chi connectivity index (χ0) is 25.3. The van der Waals surface area contributed by atoms with Gasteiger partial charge >= 0.3 is 0 Å². The Labute approximate surface area is 212 Å². The lowest BCUT2D eigenvalue weighted by atomic mass is 9.75. The normalized spacial score (nSPS) is 18.4. The molecule has 1 saturated heterocycles. The van der Waals surface area contributed by atoms with Gasteiger partial charge in [0.15, 0.2) is 6.10 Å². The summed E-state index contributed by atoms with van der Waals surface area (Å²) in [6.07, 6.45) is 2.23. The van der Waals surface area contributed by atoms with Crippen molar-refractivity contribution in [3.05, 3.63) is 77.1 Å². The molecule has 6 nitrogen and oxygen atoms in total. The number of nitriles is 1. The van der Waals surface area contributed by atoms with Gasteiger partial charge < -0.3 is 15.0 Å². The van der Waals surface area contributed by atoms with Crippen LogP contribution >= 0.6 is 11.6 Å². The molecule has 5 rings (SSSR count). The molecule has 184 valence electrons. The predicted octanol–water partition coefficient (Wildman–Crippen LogP) is 5.23. The van der Waals surface area contributed by atoms with Crippen molar-refractivity contribution in [1.29, 1.82) is 5.26 Å². The summed E-state index contributed by atoms with van der Waals surface area (Å²) in [6, 6.07) is 14.9. The van der Waals surface area contributed by atoms with Gasteiger partial charge in [0, 0.05) is 30.4 Å². The number of rotatable bonds is 4. The average Bonchev–Trinajstić information content (AvgIpc) is 2.90. The van der Waals surface area contributed by atoms with Crippen LogP contribution in [0.2, 0.25) is 5.02 Å². The van der Waals surface area contributed by atoms with E-state index in [1.165, 1.54) is 24.4 Å². The number of benzene rings is 2. The summed E-state index contributed by atoms with van der Waals surface area (Å²) in [6.45, 7) is 1.16. The number of likely N-dealkylation sites (tertiary alicyclic amines) is 1. The Morgan fingerprint density at radius 3 is 2.61 bits per heavy atom. The topological polar surface area (TPSA) is 78.3 Å². The largest absolute Gasteiger partial charge is 0.477 e. The molecule has 0 aliphatic carbocycles. The van der Waals surface area contributed by atoms with Gasteiger partial charge in [-0.3, -0.25) is 4.79 Å². The van der Waals surface area contributed by atoms with E-state index in [0.29, 0.717) is 59.9 Å². The number of aromatic nitrogens is 1. The lowest BCUT2D eigenvalue weighted by Gasteiger charge is -2.39. The molecule has 9 heteroatoms. The van der Waals surface area contributed by atoms with Gasteiger partial charge in [-0.1, -0.05) is 23.7 Å². The van der Waals surface area contributed by atoms with Crippen LogP contribution in [-0.4, -0.2) is 41.5 Å². The summed E-state index contributed by atoms with van der Waals surface area (Å²) < 4.78 is 32.5. The van der Waals surface area contributed by atoms with Crippen LogP contribution < -0.4 is 10.1 Å². The van der Waals surface area contributed by atoms with Crippen molar-refractivity contribution in [3.8, 4) is 22.9 Å². The van der Waals surface area contributed by atoms with Crippen LogP contribution in [0, 0.1) is 28.5 Å². The number of fused-ring (bicyclic) bond motifs is 1. The maximum Gasteiger partial charge on any atom is 0.265 e. The minimum absolute atomic E-state index is 0.151.